The Kier molecular flexibility index (Phi) is 5.54. The first-order chi connectivity index (χ1) is 10.8. The van der Waals surface area contributed by atoms with E-state index in [1.807, 2.05) is 4.90 Å². The molecule has 2 rings (SSSR count). The van der Waals surface area contributed by atoms with Crippen LogP contribution >= 0.6 is 0 Å². The SMILES string of the molecule is CCOC(=O)[C@](C)(O)CN1CCN(c2cc(F)ccc2F)CC1. The van der Waals surface area contributed by atoms with Gasteiger partial charge in [-0.05, 0) is 26.0 Å². The Morgan fingerprint density at radius 1 is 1.30 bits per heavy atom. The lowest BCUT2D eigenvalue weighted by molar-refractivity contribution is -0.165. The molecule has 0 bridgehead atoms. The summed E-state index contributed by atoms with van der Waals surface area (Å²) in [5, 5.41) is 10.2. The average Bonchev–Trinajstić information content (AvgIpc) is 2.50. The number of benzene rings is 1. The molecule has 1 aromatic rings. The van der Waals surface area contributed by atoms with Gasteiger partial charge in [0.25, 0.3) is 0 Å². The molecule has 23 heavy (non-hydrogen) atoms. The summed E-state index contributed by atoms with van der Waals surface area (Å²) in [6.45, 7) is 5.49. The first-order valence-corrected chi connectivity index (χ1v) is 7.65. The van der Waals surface area contributed by atoms with Crippen LogP contribution in [0.1, 0.15) is 13.8 Å². The molecule has 0 spiro atoms. The number of hydrogen-bond donors (Lipinski definition) is 1. The largest absolute Gasteiger partial charge is 0.464 e. The van der Waals surface area contributed by atoms with E-state index in [2.05, 4.69) is 0 Å². The van der Waals surface area contributed by atoms with Crippen LogP contribution in [0.15, 0.2) is 18.2 Å². The van der Waals surface area contributed by atoms with Gasteiger partial charge < -0.3 is 14.7 Å². The normalized spacial score (nSPS) is 18.6. The molecule has 1 aliphatic rings. The van der Waals surface area contributed by atoms with Gasteiger partial charge in [0.2, 0.25) is 0 Å². The van der Waals surface area contributed by atoms with Gasteiger partial charge in [-0.1, -0.05) is 0 Å². The number of esters is 1. The van der Waals surface area contributed by atoms with E-state index in [-0.39, 0.29) is 18.8 Å². The summed E-state index contributed by atoms with van der Waals surface area (Å²) in [6.07, 6.45) is 0. The number of aliphatic hydroxyl groups is 1. The van der Waals surface area contributed by atoms with Crippen molar-refractivity contribution in [2.24, 2.45) is 0 Å². The number of piperazine rings is 1. The first kappa shape index (κ1) is 17.6. The lowest BCUT2D eigenvalue weighted by Gasteiger charge is -2.38. The van der Waals surface area contributed by atoms with E-state index >= 15 is 0 Å². The summed E-state index contributed by atoms with van der Waals surface area (Å²) in [6, 6.07) is 3.38. The third kappa shape index (κ3) is 4.39. The Bertz CT molecular complexity index is 558. The number of nitrogens with zero attached hydrogens (tertiary/aromatic N) is 2. The van der Waals surface area contributed by atoms with Crippen LogP contribution < -0.4 is 4.90 Å². The van der Waals surface area contributed by atoms with Crippen molar-refractivity contribution in [2.75, 3.05) is 44.2 Å². The van der Waals surface area contributed by atoms with Gasteiger partial charge in [-0.15, -0.1) is 0 Å². The van der Waals surface area contributed by atoms with Crippen molar-refractivity contribution in [3.63, 3.8) is 0 Å². The lowest BCUT2D eigenvalue weighted by atomic mass is 10.1. The molecule has 0 saturated carbocycles. The van der Waals surface area contributed by atoms with E-state index in [0.717, 1.165) is 12.1 Å². The van der Waals surface area contributed by atoms with Crippen molar-refractivity contribution in [1.29, 1.82) is 0 Å². The molecule has 1 saturated heterocycles. The van der Waals surface area contributed by atoms with Crippen molar-refractivity contribution in [3.8, 4) is 0 Å². The standard InChI is InChI=1S/C16H22F2N2O3/c1-3-23-15(21)16(2,22)11-19-6-8-20(9-7-19)14-10-12(17)4-5-13(14)18/h4-5,10,22H,3,6-9,11H2,1-2H3/t16-/m1/s1. The molecule has 1 atom stereocenters. The van der Waals surface area contributed by atoms with Gasteiger partial charge in [0.1, 0.15) is 11.6 Å². The zero-order valence-electron chi connectivity index (χ0n) is 13.4. The van der Waals surface area contributed by atoms with Crippen LogP contribution in [0, 0.1) is 11.6 Å². The number of ether oxygens (including phenoxy) is 1. The molecule has 128 valence electrons. The van der Waals surface area contributed by atoms with Crippen molar-refractivity contribution < 1.29 is 23.4 Å². The number of anilines is 1. The van der Waals surface area contributed by atoms with Crippen LogP contribution in [0.5, 0.6) is 0 Å². The maximum absolute atomic E-state index is 13.8. The molecule has 0 aromatic heterocycles. The second kappa shape index (κ2) is 7.23. The Morgan fingerprint density at radius 2 is 1.96 bits per heavy atom. The van der Waals surface area contributed by atoms with Gasteiger partial charge in [0.05, 0.1) is 12.3 Å². The van der Waals surface area contributed by atoms with E-state index < -0.39 is 23.2 Å². The third-order valence-electron chi connectivity index (χ3n) is 3.87. The highest BCUT2D eigenvalue weighted by Crippen LogP contribution is 2.22. The topological polar surface area (TPSA) is 53.0 Å². The summed E-state index contributed by atoms with van der Waals surface area (Å²) < 4.78 is 31.9. The summed E-state index contributed by atoms with van der Waals surface area (Å²) in [7, 11) is 0. The summed E-state index contributed by atoms with van der Waals surface area (Å²) >= 11 is 0. The molecule has 5 nitrogen and oxygen atoms in total. The Labute approximate surface area is 134 Å². The van der Waals surface area contributed by atoms with Crippen LogP contribution in [0.25, 0.3) is 0 Å². The smallest absolute Gasteiger partial charge is 0.339 e. The molecule has 0 amide bonds. The minimum atomic E-state index is -1.58. The van der Waals surface area contributed by atoms with E-state index in [1.54, 1.807) is 11.8 Å². The van der Waals surface area contributed by atoms with Crippen molar-refractivity contribution in [3.05, 3.63) is 29.8 Å². The minimum Gasteiger partial charge on any atom is -0.464 e. The van der Waals surface area contributed by atoms with Crippen LogP contribution in [0.3, 0.4) is 0 Å². The van der Waals surface area contributed by atoms with Gasteiger partial charge in [-0.25, -0.2) is 13.6 Å². The molecule has 1 heterocycles. The van der Waals surface area contributed by atoms with Gasteiger partial charge in [-0.2, -0.15) is 0 Å². The van der Waals surface area contributed by atoms with Gasteiger partial charge in [0, 0.05) is 38.8 Å². The van der Waals surface area contributed by atoms with Crippen LogP contribution in [-0.2, 0) is 9.53 Å². The van der Waals surface area contributed by atoms with Gasteiger partial charge in [-0.3, -0.25) is 4.90 Å². The maximum atomic E-state index is 13.8. The van der Waals surface area contributed by atoms with Crippen molar-refractivity contribution in [1.82, 2.24) is 4.90 Å². The molecular formula is C16H22F2N2O3. The van der Waals surface area contributed by atoms with Crippen LogP contribution in [-0.4, -0.2) is 60.9 Å². The maximum Gasteiger partial charge on any atom is 0.339 e. The predicted octanol–water partition coefficient (Wildman–Crippen LogP) is 1.40. The molecule has 0 radical (unpaired) electrons. The lowest BCUT2D eigenvalue weighted by Crippen LogP contribution is -2.54. The van der Waals surface area contributed by atoms with E-state index in [9.17, 15) is 18.7 Å². The number of hydrogen-bond acceptors (Lipinski definition) is 5. The number of β-amino-alcohol motifs (C(OH)–C–C–N with tert-alkyl or cyclic N) is 1. The van der Waals surface area contributed by atoms with Crippen molar-refractivity contribution in [2.45, 2.75) is 19.4 Å². The molecule has 1 fully saturated rings. The second-order valence-electron chi connectivity index (χ2n) is 5.85. The number of rotatable bonds is 5. The number of halogens is 2. The Hall–Kier alpha value is -1.73. The molecule has 7 heteroatoms. The zero-order chi connectivity index (χ0) is 17.0. The fourth-order valence-electron chi connectivity index (χ4n) is 2.66. The molecule has 1 N–H and O–H groups in total. The van der Waals surface area contributed by atoms with E-state index in [1.165, 1.54) is 13.0 Å². The summed E-state index contributed by atoms with van der Waals surface area (Å²) in [4.78, 5) is 15.4. The third-order valence-corrected chi connectivity index (χ3v) is 3.87. The number of carbonyl (C=O) groups is 1. The molecule has 0 unspecified atom stereocenters. The average molecular weight is 328 g/mol. The van der Waals surface area contributed by atoms with Gasteiger partial charge in [0.15, 0.2) is 5.60 Å². The fourth-order valence-corrected chi connectivity index (χ4v) is 2.66. The van der Waals surface area contributed by atoms with E-state index in [0.29, 0.717) is 26.2 Å². The minimum absolute atomic E-state index is 0.144. The zero-order valence-corrected chi connectivity index (χ0v) is 13.4. The highest BCUT2D eigenvalue weighted by atomic mass is 19.1. The molecule has 1 aromatic carbocycles. The Balaban J connectivity index is 1.93. The first-order valence-electron chi connectivity index (χ1n) is 7.65. The van der Waals surface area contributed by atoms with Crippen LogP contribution in [0.4, 0.5) is 14.5 Å². The fraction of sp³-hybridized carbons (Fsp3) is 0.562. The number of carbonyl (C=O) groups excluding carboxylic acids is 1. The van der Waals surface area contributed by atoms with Crippen molar-refractivity contribution >= 4 is 11.7 Å². The van der Waals surface area contributed by atoms with Gasteiger partial charge >= 0.3 is 5.97 Å². The summed E-state index contributed by atoms with van der Waals surface area (Å²) in [5.41, 5.74) is -1.34. The highest BCUT2D eigenvalue weighted by Gasteiger charge is 2.35. The summed E-state index contributed by atoms with van der Waals surface area (Å²) in [5.74, 6) is -1.59. The van der Waals surface area contributed by atoms with Crippen LogP contribution in [0.2, 0.25) is 0 Å². The molecule has 0 aliphatic carbocycles. The molecule has 1 aliphatic heterocycles. The Morgan fingerprint density at radius 3 is 2.57 bits per heavy atom. The monoisotopic (exact) mass is 328 g/mol. The predicted molar refractivity (Wildman–Crippen MR) is 82.3 cm³/mol. The van der Waals surface area contributed by atoms with E-state index in [4.69, 9.17) is 4.74 Å². The molecular weight excluding hydrogens is 306 g/mol. The highest BCUT2D eigenvalue weighted by molar-refractivity contribution is 5.79. The quantitative estimate of drug-likeness (QED) is 0.828. The second-order valence-corrected chi connectivity index (χ2v) is 5.85.